The highest BCUT2D eigenvalue weighted by Gasteiger charge is 2.25. The number of aromatic amines is 1. The molecule has 0 spiro atoms. The maximum atomic E-state index is 13.1. The number of hydrogen-bond acceptors (Lipinski definition) is 2. The lowest BCUT2D eigenvalue weighted by Gasteiger charge is -2.19. The standard InChI is InChI=1S/C22H18BrClN2O2S/c1-14-2-9-18(10-3-14)29(27,28)26-22(15-4-7-17(24)8-5-15)20-13-25-21-11-6-16(23)12-19(20)21/h2-13,22,25-26H,1H3. The van der Waals surface area contributed by atoms with Gasteiger partial charge < -0.3 is 4.98 Å². The van der Waals surface area contributed by atoms with Gasteiger partial charge in [-0.1, -0.05) is 57.4 Å². The van der Waals surface area contributed by atoms with Gasteiger partial charge in [0.15, 0.2) is 0 Å². The number of fused-ring (bicyclic) bond motifs is 1. The Morgan fingerprint density at radius 3 is 2.38 bits per heavy atom. The van der Waals surface area contributed by atoms with Crippen molar-refractivity contribution >= 4 is 48.5 Å². The van der Waals surface area contributed by atoms with Crippen LogP contribution in [0.2, 0.25) is 5.02 Å². The number of halogens is 2. The minimum atomic E-state index is -3.75. The second kappa shape index (κ2) is 7.95. The van der Waals surface area contributed by atoms with Crippen molar-refractivity contribution in [3.63, 3.8) is 0 Å². The summed E-state index contributed by atoms with van der Waals surface area (Å²) in [5.74, 6) is 0. The Morgan fingerprint density at radius 2 is 1.69 bits per heavy atom. The second-order valence-electron chi connectivity index (χ2n) is 6.85. The van der Waals surface area contributed by atoms with Gasteiger partial charge in [0.05, 0.1) is 10.9 Å². The zero-order chi connectivity index (χ0) is 20.6. The van der Waals surface area contributed by atoms with E-state index >= 15 is 0 Å². The number of H-pyrrole nitrogens is 1. The lowest BCUT2D eigenvalue weighted by Crippen LogP contribution is -2.29. The normalized spacial score (nSPS) is 12.9. The van der Waals surface area contributed by atoms with E-state index in [1.54, 1.807) is 36.4 Å². The van der Waals surface area contributed by atoms with Crippen LogP contribution in [0.4, 0.5) is 0 Å². The first-order valence-corrected chi connectivity index (χ1v) is 11.6. The van der Waals surface area contributed by atoms with Gasteiger partial charge in [-0.25, -0.2) is 8.42 Å². The Labute approximate surface area is 183 Å². The molecular formula is C22H18BrClN2O2S. The predicted octanol–water partition coefficient (Wildman–Crippen LogP) is 5.96. The van der Waals surface area contributed by atoms with E-state index in [1.807, 2.05) is 43.5 Å². The third kappa shape index (κ3) is 4.26. The molecule has 1 aromatic heterocycles. The van der Waals surface area contributed by atoms with Crippen LogP contribution in [-0.4, -0.2) is 13.4 Å². The summed E-state index contributed by atoms with van der Waals surface area (Å²) < 4.78 is 30.1. The summed E-state index contributed by atoms with van der Waals surface area (Å²) in [4.78, 5) is 3.45. The fourth-order valence-electron chi connectivity index (χ4n) is 3.26. The summed E-state index contributed by atoms with van der Waals surface area (Å²) in [6.45, 7) is 1.92. The summed E-state index contributed by atoms with van der Waals surface area (Å²) in [5, 5.41) is 1.53. The predicted molar refractivity (Wildman–Crippen MR) is 121 cm³/mol. The Morgan fingerprint density at radius 1 is 1.00 bits per heavy atom. The number of rotatable bonds is 5. The number of nitrogens with one attached hydrogen (secondary N) is 2. The van der Waals surface area contributed by atoms with Crippen molar-refractivity contribution in [1.29, 1.82) is 0 Å². The van der Waals surface area contributed by atoms with E-state index in [4.69, 9.17) is 11.6 Å². The molecule has 1 unspecified atom stereocenters. The molecule has 3 aromatic carbocycles. The minimum Gasteiger partial charge on any atom is -0.361 e. The number of aryl methyl sites for hydroxylation is 1. The average Bonchev–Trinajstić information content (AvgIpc) is 3.10. The topological polar surface area (TPSA) is 62.0 Å². The van der Waals surface area contributed by atoms with Crippen molar-refractivity contribution in [3.8, 4) is 0 Å². The van der Waals surface area contributed by atoms with Crippen LogP contribution in [0.5, 0.6) is 0 Å². The molecule has 0 aliphatic carbocycles. The van der Waals surface area contributed by atoms with Gasteiger partial charge in [0.2, 0.25) is 10.0 Å². The first-order valence-electron chi connectivity index (χ1n) is 8.94. The van der Waals surface area contributed by atoms with Crippen LogP contribution in [0.1, 0.15) is 22.7 Å². The molecule has 29 heavy (non-hydrogen) atoms. The summed E-state index contributed by atoms with van der Waals surface area (Å²) >= 11 is 9.55. The van der Waals surface area contributed by atoms with Crippen molar-refractivity contribution in [1.82, 2.24) is 9.71 Å². The van der Waals surface area contributed by atoms with Crippen molar-refractivity contribution < 1.29 is 8.42 Å². The molecule has 1 heterocycles. The van der Waals surface area contributed by atoms with Gasteiger partial charge in [0.25, 0.3) is 0 Å². The number of hydrogen-bond donors (Lipinski definition) is 2. The molecule has 1 atom stereocenters. The lowest BCUT2D eigenvalue weighted by atomic mass is 9.99. The van der Waals surface area contributed by atoms with E-state index in [-0.39, 0.29) is 4.90 Å². The fraction of sp³-hybridized carbons (Fsp3) is 0.0909. The van der Waals surface area contributed by atoms with Crippen LogP contribution >= 0.6 is 27.5 Å². The molecule has 4 nitrogen and oxygen atoms in total. The van der Waals surface area contributed by atoms with Crippen LogP contribution in [0, 0.1) is 6.92 Å². The van der Waals surface area contributed by atoms with Gasteiger partial charge in [0, 0.05) is 26.6 Å². The Kier molecular flexibility index (Phi) is 5.53. The summed E-state index contributed by atoms with van der Waals surface area (Å²) in [7, 11) is -3.75. The van der Waals surface area contributed by atoms with Crippen molar-refractivity contribution in [2.75, 3.05) is 0 Å². The molecule has 7 heteroatoms. The molecule has 2 N–H and O–H groups in total. The van der Waals surface area contributed by atoms with Gasteiger partial charge in [-0.3, -0.25) is 0 Å². The average molecular weight is 490 g/mol. The number of aromatic nitrogens is 1. The van der Waals surface area contributed by atoms with Crippen molar-refractivity contribution in [3.05, 3.63) is 99.1 Å². The Bertz CT molecular complexity index is 1270. The van der Waals surface area contributed by atoms with Crippen LogP contribution in [-0.2, 0) is 10.0 Å². The molecule has 0 aliphatic rings. The largest absolute Gasteiger partial charge is 0.361 e. The van der Waals surface area contributed by atoms with E-state index in [0.717, 1.165) is 32.1 Å². The molecule has 0 aliphatic heterocycles. The van der Waals surface area contributed by atoms with E-state index in [2.05, 4.69) is 25.6 Å². The van der Waals surface area contributed by atoms with Crippen molar-refractivity contribution in [2.45, 2.75) is 17.9 Å². The maximum absolute atomic E-state index is 13.1. The van der Waals surface area contributed by atoms with Crippen LogP contribution < -0.4 is 4.72 Å². The second-order valence-corrected chi connectivity index (χ2v) is 9.92. The zero-order valence-corrected chi connectivity index (χ0v) is 18.6. The SMILES string of the molecule is Cc1ccc(S(=O)(=O)NC(c2ccc(Cl)cc2)c2c[nH]c3ccc(Br)cc23)cc1. The highest BCUT2D eigenvalue weighted by atomic mass is 79.9. The summed E-state index contributed by atoms with van der Waals surface area (Å²) in [6.07, 6.45) is 1.84. The molecule has 0 amide bonds. The third-order valence-corrected chi connectivity index (χ3v) is 6.98. The molecule has 0 bridgehead atoms. The Balaban J connectivity index is 1.83. The number of benzene rings is 3. The molecule has 148 valence electrons. The lowest BCUT2D eigenvalue weighted by molar-refractivity contribution is 0.572. The van der Waals surface area contributed by atoms with Crippen LogP contribution in [0.15, 0.2) is 82.3 Å². The molecular weight excluding hydrogens is 472 g/mol. The van der Waals surface area contributed by atoms with Gasteiger partial charge >= 0.3 is 0 Å². The van der Waals surface area contributed by atoms with Crippen molar-refractivity contribution in [2.24, 2.45) is 0 Å². The summed E-state index contributed by atoms with van der Waals surface area (Å²) in [5.41, 5.74) is 3.56. The quantitative estimate of drug-likeness (QED) is 0.363. The Hall–Kier alpha value is -2.12. The number of sulfonamides is 1. The molecule has 0 radical (unpaired) electrons. The summed E-state index contributed by atoms with van der Waals surface area (Å²) in [6, 6.07) is 19.3. The maximum Gasteiger partial charge on any atom is 0.241 e. The van der Waals surface area contributed by atoms with Gasteiger partial charge in [-0.2, -0.15) is 4.72 Å². The van der Waals surface area contributed by atoms with Gasteiger partial charge in [-0.15, -0.1) is 0 Å². The third-order valence-electron chi connectivity index (χ3n) is 4.79. The first-order chi connectivity index (χ1) is 13.8. The first kappa shape index (κ1) is 20.2. The van der Waals surface area contributed by atoms with E-state index in [9.17, 15) is 8.42 Å². The van der Waals surface area contributed by atoms with E-state index in [1.165, 1.54) is 0 Å². The molecule has 4 rings (SSSR count). The van der Waals surface area contributed by atoms with Crippen LogP contribution in [0.25, 0.3) is 10.9 Å². The van der Waals surface area contributed by atoms with E-state index in [0.29, 0.717) is 5.02 Å². The smallest absolute Gasteiger partial charge is 0.241 e. The zero-order valence-electron chi connectivity index (χ0n) is 15.5. The van der Waals surface area contributed by atoms with E-state index < -0.39 is 16.1 Å². The fourth-order valence-corrected chi connectivity index (χ4v) is 4.95. The monoisotopic (exact) mass is 488 g/mol. The van der Waals surface area contributed by atoms with Crippen LogP contribution in [0.3, 0.4) is 0 Å². The molecule has 0 saturated carbocycles. The minimum absolute atomic E-state index is 0.225. The molecule has 0 fully saturated rings. The highest BCUT2D eigenvalue weighted by molar-refractivity contribution is 9.10. The molecule has 0 saturated heterocycles. The molecule has 4 aromatic rings. The van der Waals surface area contributed by atoms with Gasteiger partial charge in [0.1, 0.15) is 0 Å². The highest BCUT2D eigenvalue weighted by Crippen LogP contribution is 2.32. The van der Waals surface area contributed by atoms with Gasteiger partial charge in [-0.05, 0) is 60.5 Å².